The van der Waals surface area contributed by atoms with Crippen molar-refractivity contribution in [3.05, 3.63) is 52.8 Å². The van der Waals surface area contributed by atoms with E-state index in [-0.39, 0.29) is 24.2 Å². The molecular weight excluding hydrogens is 499 g/mol. The van der Waals surface area contributed by atoms with Crippen LogP contribution in [0.25, 0.3) is 11.0 Å². The number of likely N-dealkylation sites (tertiary alicyclic amines) is 1. The molecule has 7 nitrogen and oxygen atoms in total. The maximum atomic E-state index is 13.7. The normalized spacial score (nSPS) is 17.7. The molecule has 0 bridgehead atoms. The molecule has 2 aromatic carbocycles. The SMILES string of the molecule is CC(C)CN(Cc1cc(Cl)c2c(c1)OCCCO2)C(=O)[C@@H]1CCN(Cc2cccc3[nH]cnc23)C1.Cl. The van der Waals surface area contributed by atoms with Gasteiger partial charge in [-0.2, -0.15) is 0 Å². The van der Waals surface area contributed by atoms with Crippen molar-refractivity contribution < 1.29 is 14.3 Å². The van der Waals surface area contributed by atoms with Crippen LogP contribution in [0.15, 0.2) is 36.7 Å². The minimum Gasteiger partial charge on any atom is -0.489 e. The largest absolute Gasteiger partial charge is 0.489 e. The van der Waals surface area contributed by atoms with Gasteiger partial charge in [0.05, 0.1) is 41.5 Å². The van der Waals surface area contributed by atoms with Crippen LogP contribution < -0.4 is 9.47 Å². The summed E-state index contributed by atoms with van der Waals surface area (Å²) < 4.78 is 11.6. The fourth-order valence-corrected chi connectivity index (χ4v) is 5.39. The summed E-state index contributed by atoms with van der Waals surface area (Å²) in [5.74, 6) is 1.84. The topological polar surface area (TPSA) is 70.7 Å². The predicted molar refractivity (Wildman–Crippen MR) is 144 cm³/mol. The smallest absolute Gasteiger partial charge is 0.227 e. The quantitative estimate of drug-likeness (QED) is 0.446. The van der Waals surface area contributed by atoms with Crippen molar-refractivity contribution >= 4 is 40.9 Å². The highest BCUT2D eigenvalue weighted by Crippen LogP contribution is 2.38. The molecule has 5 rings (SSSR count). The van der Waals surface area contributed by atoms with Crippen molar-refractivity contribution in [2.24, 2.45) is 11.8 Å². The molecule has 0 saturated carbocycles. The molecule has 3 heterocycles. The highest BCUT2D eigenvalue weighted by molar-refractivity contribution is 6.32. The van der Waals surface area contributed by atoms with Gasteiger partial charge in [0, 0.05) is 32.6 Å². The van der Waals surface area contributed by atoms with E-state index >= 15 is 0 Å². The average Bonchev–Trinajstić information content (AvgIpc) is 3.43. The van der Waals surface area contributed by atoms with E-state index in [4.69, 9.17) is 21.1 Å². The third-order valence-corrected chi connectivity index (χ3v) is 6.96. The number of H-pyrrole nitrogens is 1. The molecule has 194 valence electrons. The number of amides is 1. The van der Waals surface area contributed by atoms with E-state index in [0.717, 1.165) is 49.1 Å². The number of hydrogen-bond acceptors (Lipinski definition) is 5. The van der Waals surface area contributed by atoms with Crippen molar-refractivity contribution in [1.82, 2.24) is 19.8 Å². The molecule has 1 fully saturated rings. The minimum atomic E-state index is -0.0111. The number of nitrogens with zero attached hydrogens (tertiary/aromatic N) is 3. The Morgan fingerprint density at radius 3 is 2.94 bits per heavy atom. The highest BCUT2D eigenvalue weighted by atomic mass is 35.5. The van der Waals surface area contributed by atoms with Crippen molar-refractivity contribution in [1.29, 1.82) is 0 Å². The zero-order valence-electron chi connectivity index (χ0n) is 20.8. The summed E-state index contributed by atoms with van der Waals surface area (Å²) in [7, 11) is 0. The molecule has 1 aromatic heterocycles. The second-order valence-electron chi connectivity index (χ2n) is 10.0. The van der Waals surface area contributed by atoms with Crippen LogP contribution in [0.3, 0.4) is 0 Å². The highest BCUT2D eigenvalue weighted by Gasteiger charge is 2.32. The number of aromatic nitrogens is 2. The Morgan fingerprint density at radius 2 is 2.11 bits per heavy atom. The number of halogens is 2. The zero-order valence-corrected chi connectivity index (χ0v) is 22.4. The third-order valence-electron chi connectivity index (χ3n) is 6.68. The lowest BCUT2D eigenvalue weighted by atomic mass is 10.0. The van der Waals surface area contributed by atoms with Crippen LogP contribution >= 0.6 is 24.0 Å². The fourth-order valence-electron chi connectivity index (χ4n) is 5.10. The van der Waals surface area contributed by atoms with Crippen LogP contribution in [-0.2, 0) is 17.9 Å². The third kappa shape index (κ3) is 5.90. The number of nitrogens with one attached hydrogen (secondary N) is 1. The lowest BCUT2D eigenvalue weighted by Crippen LogP contribution is -2.39. The Bertz CT molecular complexity index is 1200. The summed E-state index contributed by atoms with van der Waals surface area (Å²) in [6.07, 6.45) is 3.43. The van der Waals surface area contributed by atoms with Gasteiger partial charge in [0.15, 0.2) is 11.5 Å². The monoisotopic (exact) mass is 532 g/mol. The van der Waals surface area contributed by atoms with Crippen LogP contribution in [0.2, 0.25) is 5.02 Å². The van der Waals surface area contributed by atoms with Crippen molar-refractivity contribution in [3.8, 4) is 11.5 Å². The Balaban J connectivity index is 0.00000304. The van der Waals surface area contributed by atoms with Gasteiger partial charge < -0.3 is 19.4 Å². The molecule has 2 aliphatic rings. The number of carbonyl (C=O) groups is 1. The molecule has 0 spiro atoms. The van der Waals surface area contributed by atoms with E-state index in [1.54, 1.807) is 6.33 Å². The second-order valence-corrected chi connectivity index (χ2v) is 10.4. The molecule has 0 radical (unpaired) electrons. The molecular formula is C27H34Cl2N4O3. The molecule has 1 N–H and O–H groups in total. The van der Waals surface area contributed by atoms with Crippen LogP contribution in [0.5, 0.6) is 11.5 Å². The molecule has 0 unspecified atom stereocenters. The summed E-state index contributed by atoms with van der Waals surface area (Å²) in [5.41, 5.74) is 4.22. The lowest BCUT2D eigenvalue weighted by Gasteiger charge is -2.28. The van der Waals surface area contributed by atoms with E-state index in [1.165, 1.54) is 5.56 Å². The van der Waals surface area contributed by atoms with E-state index in [2.05, 4.69) is 40.8 Å². The molecule has 1 atom stereocenters. The van der Waals surface area contributed by atoms with Gasteiger partial charge in [0.2, 0.25) is 5.91 Å². The summed E-state index contributed by atoms with van der Waals surface area (Å²) in [6, 6.07) is 10.1. The summed E-state index contributed by atoms with van der Waals surface area (Å²) >= 11 is 6.52. The number of benzene rings is 2. The number of para-hydroxylation sites is 1. The van der Waals surface area contributed by atoms with E-state index in [9.17, 15) is 4.79 Å². The second kappa shape index (κ2) is 11.7. The molecule has 2 aliphatic heterocycles. The molecule has 0 aliphatic carbocycles. The Hall–Kier alpha value is -2.48. The number of fused-ring (bicyclic) bond motifs is 2. The number of carbonyl (C=O) groups excluding carboxylic acids is 1. The first-order chi connectivity index (χ1) is 17.0. The van der Waals surface area contributed by atoms with Gasteiger partial charge in [-0.15, -0.1) is 12.4 Å². The van der Waals surface area contributed by atoms with Gasteiger partial charge in [-0.1, -0.05) is 37.6 Å². The lowest BCUT2D eigenvalue weighted by molar-refractivity contribution is -0.136. The zero-order chi connectivity index (χ0) is 24.4. The first-order valence-electron chi connectivity index (χ1n) is 12.5. The maximum absolute atomic E-state index is 13.7. The Labute approximate surface area is 223 Å². The Kier molecular flexibility index (Phi) is 8.65. The molecule has 1 amide bonds. The van der Waals surface area contributed by atoms with Crippen molar-refractivity contribution in [2.75, 3.05) is 32.8 Å². The summed E-state index contributed by atoms with van der Waals surface area (Å²) in [6.45, 7) is 9.17. The van der Waals surface area contributed by atoms with E-state index in [0.29, 0.717) is 48.7 Å². The van der Waals surface area contributed by atoms with Gasteiger partial charge in [-0.25, -0.2) is 4.98 Å². The average molecular weight is 534 g/mol. The summed E-state index contributed by atoms with van der Waals surface area (Å²) in [4.78, 5) is 25.7. The molecule has 36 heavy (non-hydrogen) atoms. The first-order valence-corrected chi connectivity index (χ1v) is 12.9. The van der Waals surface area contributed by atoms with Gasteiger partial charge in [-0.3, -0.25) is 9.69 Å². The summed E-state index contributed by atoms with van der Waals surface area (Å²) in [5, 5.41) is 0.538. The van der Waals surface area contributed by atoms with Crippen molar-refractivity contribution in [2.45, 2.75) is 39.8 Å². The van der Waals surface area contributed by atoms with Gasteiger partial charge in [0.1, 0.15) is 0 Å². The number of rotatable bonds is 7. The maximum Gasteiger partial charge on any atom is 0.227 e. The van der Waals surface area contributed by atoms with Gasteiger partial charge in [0.25, 0.3) is 0 Å². The Morgan fingerprint density at radius 1 is 1.28 bits per heavy atom. The number of hydrogen-bond donors (Lipinski definition) is 1. The van der Waals surface area contributed by atoms with Crippen LogP contribution in [-0.4, -0.2) is 58.5 Å². The molecule has 3 aromatic rings. The molecule has 1 saturated heterocycles. The van der Waals surface area contributed by atoms with Crippen LogP contribution in [0, 0.1) is 11.8 Å². The fraction of sp³-hybridized carbons (Fsp3) is 0.481. The first kappa shape index (κ1) is 26.6. The predicted octanol–water partition coefficient (Wildman–Crippen LogP) is 5.31. The van der Waals surface area contributed by atoms with E-state index in [1.807, 2.05) is 23.1 Å². The molecule has 9 heteroatoms. The van der Waals surface area contributed by atoms with Crippen LogP contribution in [0.4, 0.5) is 0 Å². The number of aromatic amines is 1. The standard InChI is InChI=1S/C27H33ClN4O3.ClH/c1-18(2)13-32(14-19-11-22(28)26-24(12-19)34-9-4-10-35-26)27(33)21-7-8-31(16-21)15-20-5-3-6-23-25(20)30-17-29-23;/h3,5-6,11-12,17-18,21H,4,7-10,13-16H2,1-2H3,(H,29,30);1H/t21-;/m1./s1. The van der Waals surface area contributed by atoms with Gasteiger partial charge >= 0.3 is 0 Å². The van der Waals surface area contributed by atoms with Crippen LogP contribution in [0.1, 0.15) is 37.8 Å². The van der Waals surface area contributed by atoms with E-state index < -0.39 is 0 Å². The van der Waals surface area contributed by atoms with Gasteiger partial charge in [-0.05, 0) is 48.2 Å². The minimum absolute atomic E-state index is 0. The van der Waals surface area contributed by atoms with Crippen molar-refractivity contribution in [3.63, 3.8) is 0 Å². The number of imidazole rings is 1. The number of ether oxygens (including phenoxy) is 2.